The van der Waals surface area contributed by atoms with Gasteiger partial charge >= 0.3 is 0 Å². The predicted molar refractivity (Wildman–Crippen MR) is 53.2 cm³/mol. The quantitative estimate of drug-likeness (QED) is 0.798. The van der Waals surface area contributed by atoms with Gasteiger partial charge in [-0.05, 0) is 31.5 Å². The van der Waals surface area contributed by atoms with Crippen LogP contribution in [-0.4, -0.2) is 17.5 Å². The van der Waals surface area contributed by atoms with Crippen LogP contribution in [0.4, 0.5) is 0 Å². The Morgan fingerprint density at radius 1 is 1.57 bits per heavy atom. The molecule has 0 aromatic heterocycles. The number of carbonyl (C=O) groups is 1. The van der Waals surface area contributed by atoms with Gasteiger partial charge in [0.2, 0.25) is 0 Å². The first-order chi connectivity index (χ1) is 6.65. The smallest absolute Gasteiger partial charge is 0.163 e. The van der Waals surface area contributed by atoms with Gasteiger partial charge in [0.05, 0.1) is 0 Å². The normalized spacial score (nSPS) is 12.4. The van der Waals surface area contributed by atoms with Crippen molar-refractivity contribution < 1.29 is 14.6 Å². The highest BCUT2D eigenvalue weighted by atomic mass is 16.5. The molecule has 0 aliphatic carbocycles. The highest BCUT2D eigenvalue weighted by Crippen LogP contribution is 2.21. The number of phenolic OH excluding ortho intramolecular Hbond substituents is 1. The van der Waals surface area contributed by atoms with Gasteiger partial charge in [0.1, 0.15) is 11.9 Å². The van der Waals surface area contributed by atoms with E-state index in [1.807, 2.05) is 6.92 Å². The first-order valence-corrected chi connectivity index (χ1v) is 4.56. The number of benzene rings is 1. The molecule has 14 heavy (non-hydrogen) atoms. The molecule has 0 radical (unpaired) electrons. The number of ketones is 1. The van der Waals surface area contributed by atoms with E-state index >= 15 is 0 Å². The summed E-state index contributed by atoms with van der Waals surface area (Å²) in [6.07, 6.45) is -0.563. The van der Waals surface area contributed by atoms with Crippen LogP contribution in [0.15, 0.2) is 24.3 Å². The molecule has 1 atom stereocenters. The molecule has 0 bridgehead atoms. The average Bonchev–Trinajstić information content (AvgIpc) is 2.13. The molecule has 0 saturated heterocycles. The minimum absolute atomic E-state index is 0.0579. The average molecular weight is 194 g/mol. The second-order valence-electron chi connectivity index (χ2n) is 3.04. The van der Waals surface area contributed by atoms with Crippen molar-refractivity contribution in [2.45, 2.75) is 20.0 Å². The van der Waals surface area contributed by atoms with E-state index in [1.54, 1.807) is 24.3 Å². The fraction of sp³-hybridized carbons (Fsp3) is 0.364. The van der Waals surface area contributed by atoms with E-state index in [1.165, 1.54) is 6.92 Å². The van der Waals surface area contributed by atoms with Gasteiger partial charge in [0.25, 0.3) is 0 Å². The Hall–Kier alpha value is -1.35. The molecule has 0 fully saturated rings. The summed E-state index contributed by atoms with van der Waals surface area (Å²) in [5.41, 5.74) is 0.694. The molecule has 1 rings (SSSR count). The number of hydrogen-bond donors (Lipinski definition) is 1. The van der Waals surface area contributed by atoms with Crippen LogP contribution in [0.2, 0.25) is 0 Å². The number of hydrogen-bond acceptors (Lipinski definition) is 3. The lowest BCUT2D eigenvalue weighted by molar-refractivity contribution is -0.128. The second kappa shape index (κ2) is 4.77. The van der Waals surface area contributed by atoms with Gasteiger partial charge in [-0.25, -0.2) is 0 Å². The van der Waals surface area contributed by atoms with Gasteiger partial charge < -0.3 is 9.84 Å². The number of carbonyl (C=O) groups excluding carboxylic acids is 1. The topological polar surface area (TPSA) is 46.5 Å². The van der Waals surface area contributed by atoms with Crippen molar-refractivity contribution in [3.05, 3.63) is 29.8 Å². The predicted octanol–water partition coefficient (Wildman–Crippen LogP) is 2.06. The Bertz CT molecular complexity index is 320. The molecule has 1 aromatic rings. The molecule has 76 valence electrons. The van der Waals surface area contributed by atoms with E-state index in [9.17, 15) is 9.90 Å². The Morgan fingerprint density at radius 3 is 2.79 bits per heavy atom. The minimum Gasteiger partial charge on any atom is -0.508 e. The molecular formula is C11H14O3. The van der Waals surface area contributed by atoms with Crippen LogP contribution in [0.25, 0.3) is 0 Å². The summed E-state index contributed by atoms with van der Waals surface area (Å²) in [5, 5.41) is 9.25. The molecule has 0 aliphatic rings. The van der Waals surface area contributed by atoms with Crippen LogP contribution in [0.3, 0.4) is 0 Å². The van der Waals surface area contributed by atoms with E-state index in [4.69, 9.17) is 4.74 Å². The maximum absolute atomic E-state index is 11.2. The van der Waals surface area contributed by atoms with Crippen LogP contribution in [-0.2, 0) is 9.53 Å². The number of rotatable bonds is 4. The van der Waals surface area contributed by atoms with Crippen molar-refractivity contribution in [1.29, 1.82) is 0 Å². The summed E-state index contributed by atoms with van der Waals surface area (Å²) in [7, 11) is 0. The zero-order valence-electron chi connectivity index (χ0n) is 8.36. The molecular weight excluding hydrogens is 180 g/mol. The second-order valence-corrected chi connectivity index (χ2v) is 3.04. The standard InChI is InChI=1S/C11H14O3/c1-3-14-11(8(2)12)9-5-4-6-10(13)7-9/h4-7,11,13H,3H2,1-2H3. The third kappa shape index (κ3) is 2.57. The number of Topliss-reactive ketones (excluding diaryl/α,β-unsaturated/α-hetero) is 1. The highest BCUT2D eigenvalue weighted by molar-refractivity contribution is 5.82. The summed E-state index contributed by atoms with van der Waals surface area (Å²) in [6.45, 7) is 3.78. The van der Waals surface area contributed by atoms with Crippen LogP contribution in [0, 0.1) is 0 Å². The molecule has 0 aliphatic heterocycles. The number of aromatic hydroxyl groups is 1. The molecule has 1 aromatic carbocycles. The molecule has 3 heteroatoms. The molecule has 0 heterocycles. The molecule has 3 nitrogen and oxygen atoms in total. The first-order valence-electron chi connectivity index (χ1n) is 4.56. The van der Waals surface area contributed by atoms with Gasteiger partial charge in [0.15, 0.2) is 5.78 Å². The van der Waals surface area contributed by atoms with Crippen molar-refractivity contribution >= 4 is 5.78 Å². The van der Waals surface area contributed by atoms with Gasteiger partial charge in [-0.1, -0.05) is 12.1 Å². The van der Waals surface area contributed by atoms with E-state index < -0.39 is 6.10 Å². The maximum atomic E-state index is 11.2. The lowest BCUT2D eigenvalue weighted by atomic mass is 10.1. The summed E-state index contributed by atoms with van der Waals surface area (Å²) < 4.78 is 5.28. The maximum Gasteiger partial charge on any atom is 0.163 e. The Morgan fingerprint density at radius 2 is 2.29 bits per heavy atom. The molecule has 1 N–H and O–H groups in total. The lowest BCUT2D eigenvalue weighted by Crippen LogP contribution is -2.12. The monoisotopic (exact) mass is 194 g/mol. The van der Waals surface area contributed by atoms with E-state index in [0.717, 1.165) is 0 Å². The summed E-state index contributed by atoms with van der Waals surface area (Å²) in [5.74, 6) is 0.0888. The van der Waals surface area contributed by atoms with Crippen LogP contribution >= 0.6 is 0 Å². The summed E-state index contributed by atoms with van der Waals surface area (Å²) in [6, 6.07) is 6.56. The van der Waals surface area contributed by atoms with Gasteiger partial charge in [-0.2, -0.15) is 0 Å². The Kier molecular flexibility index (Phi) is 3.65. The Labute approximate surface area is 83.3 Å². The molecule has 0 amide bonds. The molecule has 0 saturated carbocycles. The van der Waals surface area contributed by atoms with Crippen molar-refractivity contribution in [1.82, 2.24) is 0 Å². The summed E-state index contributed by atoms with van der Waals surface area (Å²) in [4.78, 5) is 11.2. The van der Waals surface area contributed by atoms with Crippen LogP contribution in [0.5, 0.6) is 5.75 Å². The highest BCUT2D eigenvalue weighted by Gasteiger charge is 2.16. The zero-order chi connectivity index (χ0) is 10.6. The van der Waals surface area contributed by atoms with E-state index in [2.05, 4.69) is 0 Å². The van der Waals surface area contributed by atoms with Crippen molar-refractivity contribution in [3.63, 3.8) is 0 Å². The Balaban J connectivity index is 2.93. The lowest BCUT2D eigenvalue weighted by Gasteiger charge is -2.14. The van der Waals surface area contributed by atoms with Gasteiger partial charge in [0, 0.05) is 6.61 Å². The van der Waals surface area contributed by atoms with E-state index in [0.29, 0.717) is 12.2 Å². The fourth-order valence-electron chi connectivity index (χ4n) is 1.30. The zero-order valence-corrected chi connectivity index (χ0v) is 8.36. The van der Waals surface area contributed by atoms with Gasteiger partial charge in [-0.15, -0.1) is 0 Å². The third-order valence-corrected chi connectivity index (χ3v) is 1.88. The number of phenols is 1. The fourth-order valence-corrected chi connectivity index (χ4v) is 1.30. The van der Waals surface area contributed by atoms with Crippen molar-refractivity contribution in [3.8, 4) is 5.75 Å². The van der Waals surface area contributed by atoms with Crippen LogP contribution < -0.4 is 0 Å². The molecule has 1 unspecified atom stereocenters. The van der Waals surface area contributed by atoms with Crippen molar-refractivity contribution in [2.24, 2.45) is 0 Å². The first kappa shape index (κ1) is 10.7. The SMILES string of the molecule is CCOC(C(C)=O)c1cccc(O)c1. The minimum atomic E-state index is -0.563. The van der Waals surface area contributed by atoms with Gasteiger partial charge in [-0.3, -0.25) is 4.79 Å². The molecule has 0 spiro atoms. The third-order valence-electron chi connectivity index (χ3n) is 1.88. The van der Waals surface area contributed by atoms with Crippen molar-refractivity contribution in [2.75, 3.05) is 6.61 Å². The van der Waals surface area contributed by atoms with Crippen LogP contribution in [0.1, 0.15) is 25.5 Å². The number of ether oxygens (including phenoxy) is 1. The summed E-state index contributed by atoms with van der Waals surface area (Å²) >= 11 is 0. The largest absolute Gasteiger partial charge is 0.508 e. The van der Waals surface area contributed by atoms with E-state index in [-0.39, 0.29) is 11.5 Å².